The van der Waals surface area contributed by atoms with E-state index in [-0.39, 0.29) is 5.56 Å². The van der Waals surface area contributed by atoms with Crippen molar-refractivity contribution in [3.8, 4) is 21.1 Å². The number of aromatic nitrogens is 3. The molecule has 3 aromatic rings. The second-order valence-electron chi connectivity index (χ2n) is 3.54. The summed E-state index contributed by atoms with van der Waals surface area (Å²) in [5, 5.41) is 10.4. The van der Waals surface area contributed by atoms with Gasteiger partial charge in [-0.25, -0.2) is 0 Å². The Hall–Kier alpha value is -1.99. The highest BCUT2D eigenvalue weighted by atomic mass is 32.1. The van der Waals surface area contributed by atoms with Crippen molar-refractivity contribution in [1.29, 1.82) is 0 Å². The van der Waals surface area contributed by atoms with Gasteiger partial charge < -0.3 is 10.7 Å². The maximum absolute atomic E-state index is 12.0. The molecule has 0 saturated heterocycles. The van der Waals surface area contributed by atoms with Gasteiger partial charge in [-0.2, -0.15) is 0 Å². The standard InChI is InChI=1S/C11H8N4OS2/c12-11-15-14-10(18-11)6-3-4-7(13-9(6)16)8-2-1-5-17-8/h1-5H,(H2,12,15)(H,13,16). The van der Waals surface area contributed by atoms with Gasteiger partial charge >= 0.3 is 0 Å². The van der Waals surface area contributed by atoms with Crippen molar-refractivity contribution in [3.05, 3.63) is 40.0 Å². The average Bonchev–Trinajstić information content (AvgIpc) is 2.99. The van der Waals surface area contributed by atoms with Crippen LogP contribution in [-0.4, -0.2) is 15.2 Å². The molecule has 0 spiro atoms. The van der Waals surface area contributed by atoms with E-state index in [4.69, 9.17) is 5.73 Å². The minimum atomic E-state index is -0.183. The molecule has 0 saturated carbocycles. The van der Waals surface area contributed by atoms with Gasteiger partial charge in [-0.05, 0) is 23.6 Å². The van der Waals surface area contributed by atoms with E-state index in [2.05, 4.69) is 15.2 Å². The molecule has 7 heteroatoms. The third kappa shape index (κ3) is 1.93. The molecular weight excluding hydrogens is 268 g/mol. The Morgan fingerprint density at radius 2 is 2.11 bits per heavy atom. The lowest BCUT2D eigenvalue weighted by Gasteiger charge is -1.99. The number of hydrogen-bond donors (Lipinski definition) is 2. The first kappa shape index (κ1) is 11.1. The fourth-order valence-electron chi connectivity index (χ4n) is 1.56. The molecule has 0 atom stereocenters. The maximum atomic E-state index is 12.0. The number of rotatable bonds is 2. The van der Waals surface area contributed by atoms with E-state index in [9.17, 15) is 4.79 Å². The van der Waals surface area contributed by atoms with Crippen LogP contribution in [0.4, 0.5) is 5.13 Å². The van der Waals surface area contributed by atoms with E-state index in [0.29, 0.717) is 15.7 Å². The van der Waals surface area contributed by atoms with Crippen molar-refractivity contribution in [3.63, 3.8) is 0 Å². The third-order valence-electron chi connectivity index (χ3n) is 2.37. The summed E-state index contributed by atoms with van der Waals surface area (Å²) in [6, 6.07) is 7.50. The number of thiophene rings is 1. The fourth-order valence-corrected chi connectivity index (χ4v) is 2.90. The van der Waals surface area contributed by atoms with Crippen molar-refractivity contribution in [2.75, 3.05) is 5.73 Å². The quantitative estimate of drug-likeness (QED) is 0.751. The van der Waals surface area contributed by atoms with E-state index in [1.54, 1.807) is 17.4 Å². The van der Waals surface area contributed by atoms with E-state index < -0.39 is 0 Å². The van der Waals surface area contributed by atoms with E-state index in [0.717, 1.165) is 10.6 Å². The highest BCUT2D eigenvalue weighted by Gasteiger charge is 2.10. The van der Waals surface area contributed by atoms with Gasteiger partial charge in [-0.15, -0.1) is 21.5 Å². The lowest BCUT2D eigenvalue weighted by atomic mass is 10.2. The topological polar surface area (TPSA) is 84.7 Å². The van der Waals surface area contributed by atoms with Gasteiger partial charge in [0.25, 0.3) is 5.56 Å². The van der Waals surface area contributed by atoms with E-state index in [1.807, 2.05) is 23.6 Å². The van der Waals surface area contributed by atoms with Gasteiger partial charge in [0.2, 0.25) is 5.13 Å². The minimum absolute atomic E-state index is 0.183. The summed E-state index contributed by atoms with van der Waals surface area (Å²) in [6.45, 7) is 0. The zero-order valence-electron chi connectivity index (χ0n) is 9.08. The van der Waals surface area contributed by atoms with Crippen LogP contribution < -0.4 is 11.3 Å². The monoisotopic (exact) mass is 276 g/mol. The maximum Gasteiger partial charge on any atom is 0.258 e. The summed E-state index contributed by atoms with van der Waals surface area (Å²) in [5.41, 5.74) is 6.62. The molecule has 3 rings (SSSR count). The van der Waals surface area contributed by atoms with Gasteiger partial charge in [-0.1, -0.05) is 17.4 Å². The molecule has 0 aromatic carbocycles. The SMILES string of the molecule is Nc1nnc(-c2ccc(-c3cccs3)[nH]c2=O)s1. The van der Waals surface area contributed by atoms with Crippen molar-refractivity contribution in [1.82, 2.24) is 15.2 Å². The van der Waals surface area contributed by atoms with Gasteiger partial charge in [0, 0.05) is 0 Å². The Balaban J connectivity index is 2.07. The molecule has 0 radical (unpaired) electrons. The molecular formula is C11H8N4OS2. The summed E-state index contributed by atoms with van der Waals surface area (Å²) >= 11 is 2.77. The molecule has 0 aliphatic rings. The normalized spacial score (nSPS) is 10.7. The number of nitrogens with one attached hydrogen (secondary N) is 1. The van der Waals surface area contributed by atoms with E-state index in [1.165, 1.54) is 11.3 Å². The Morgan fingerprint density at radius 3 is 2.72 bits per heavy atom. The van der Waals surface area contributed by atoms with Gasteiger partial charge in [0.1, 0.15) is 0 Å². The average molecular weight is 276 g/mol. The van der Waals surface area contributed by atoms with Crippen LogP contribution in [0.15, 0.2) is 34.4 Å². The predicted octanol–water partition coefficient (Wildman–Crippen LogP) is 2.20. The van der Waals surface area contributed by atoms with Crippen molar-refractivity contribution < 1.29 is 0 Å². The minimum Gasteiger partial charge on any atom is -0.374 e. The second-order valence-corrected chi connectivity index (χ2v) is 5.49. The zero-order chi connectivity index (χ0) is 12.5. The summed E-state index contributed by atoms with van der Waals surface area (Å²) < 4.78 is 0. The highest BCUT2D eigenvalue weighted by Crippen LogP contribution is 2.25. The molecule has 0 aliphatic heterocycles. The molecule has 3 aromatic heterocycles. The number of H-pyrrole nitrogens is 1. The van der Waals surface area contributed by atoms with Crippen molar-refractivity contribution in [2.45, 2.75) is 0 Å². The molecule has 3 N–H and O–H groups in total. The van der Waals surface area contributed by atoms with E-state index >= 15 is 0 Å². The predicted molar refractivity (Wildman–Crippen MR) is 73.7 cm³/mol. The molecule has 90 valence electrons. The first-order valence-electron chi connectivity index (χ1n) is 5.10. The zero-order valence-corrected chi connectivity index (χ0v) is 10.7. The Morgan fingerprint density at radius 1 is 1.22 bits per heavy atom. The smallest absolute Gasteiger partial charge is 0.258 e. The summed E-state index contributed by atoms with van der Waals surface area (Å²) in [4.78, 5) is 15.9. The number of nitrogen functional groups attached to an aromatic ring is 1. The van der Waals surface area contributed by atoms with Crippen molar-refractivity contribution >= 4 is 27.8 Å². The second kappa shape index (κ2) is 4.35. The van der Waals surface area contributed by atoms with Gasteiger partial charge in [-0.3, -0.25) is 4.79 Å². The first-order valence-corrected chi connectivity index (χ1v) is 6.80. The van der Waals surface area contributed by atoms with Crippen LogP contribution in [0.1, 0.15) is 0 Å². The molecule has 5 nitrogen and oxygen atoms in total. The highest BCUT2D eigenvalue weighted by molar-refractivity contribution is 7.18. The molecule has 3 heterocycles. The number of pyridine rings is 1. The molecule has 0 unspecified atom stereocenters. The molecule has 18 heavy (non-hydrogen) atoms. The Bertz CT molecular complexity index is 730. The van der Waals surface area contributed by atoms with Crippen LogP contribution >= 0.6 is 22.7 Å². The van der Waals surface area contributed by atoms with Crippen LogP contribution in [0.5, 0.6) is 0 Å². The Kier molecular flexibility index (Phi) is 2.69. The van der Waals surface area contributed by atoms with Crippen LogP contribution in [0.2, 0.25) is 0 Å². The van der Waals surface area contributed by atoms with Crippen LogP contribution in [-0.2, 0) is 0 Å². The number of nitrogens with two attached hydrogens (primary N) is 1. The number of anilines is 1. The Labute approximate surface area is 110 Å². The number of nitrogens with zero attached hydrogens (tertiary/aromatic N) is 2. The van der Waals surface area contributed by atoms with Gasteiger partial charge in [0.05, 0.1) is 16.1 Å². The summed E-state index contributed by atoms with van der Waals surface area (Å²) in [7, 11) is 0. The van der Waals surface area contributed by atoms with Crippen LogP contribution in [0.3, 0.4) is 0 Å². The molecule has 0 amide bonds. The lowest BCUT2D eigenvalue weighted by molar-refractivity contribution is 1.10. The fraction of sp³-hybridized carbons (Fsp3) is 0. The van der Waals surface area contributed by atoms with Crippen LogP contribution in [0.25, 0.3) is 21.1 Å². The molecule has 0 bridgehead atoms. The van der Waals surface area contributed by atoms with Crippen molar-refractivity contribution in [2.24, 2.45) is 0 Å². The number of hydrogen-bond acceptors (Lipinski definition) is 6. The summed E-state index contributed by atoms with van der Waals surface area (Å²) in [6.07, 6.45) is 0. The van der Waals surface area contributed by atoms with Crippen LogP contribution in [0, 0.1) is 0 Å². The molecule has 0 aliphatic carbocycles. The lowest BCUT2D eigenvalue weighted by Crippen LogP contribution is -2.08. The van der Waals surface area contributed by atoms with Gasteiger partial charge in [0.15, 0.2) is 5.01 Å². The number of aromatic amines is 1. The molecule has 0 fully saturated rings. The third-order valence-corrected chi connectivity index (χ3v) is 4.06. The first-order chi connectivity index (χ1) is 8.74. The summed E-state index contributed by atoms with van der Waals surface area (Å²) in [5.74, 6) is 0. The largest absolute Gasteiger partial charge is 0.374 e.